The van der Waals surface area contributed by atoms with E-state index in [-0.39, 0.29) is 24.0 Å². The summed E-state index contributed by atoms with van der Waals surface area (Å²) in [6.45, 7) is 4.90. The molecule has 2 aromatic carbocycles. The Balaban J connectivity index is 0.00000261. The summed E-state index contributed by atoms with van der Waals surface area (Å²) in [7, 11) is 3.56. The van der Waals surface area contributed by atoms with Gasteiger partial charge in [0.05, 0.1) is 19.8 Å². The third kappa shape index (κ3) is 6.05. The van der Waals surface area contributed by atoms with E-state index in [0.717, 1.165) is 38.6 Å². The smallest absolute Gasteiger partial charge is 0.193 e. The Morgan fingerprint density at radius 1 is 1.19 bits per heavy atom. The van der Waals surface area contributed by atoms with Crippen LogP contribution < -0.4 is 5.32 Å². The minimum atomic E-state index is 0. The van der Waals surface area contributed by atoms with Crippen LogP contribution in [0.25, 0.3) is 10.8 Å². The Bertz CT molecular complexity index is 733. The first-order valence-electron chi connectivity index (χ1n) is 9.30. The number of halogens is 1. The van der Waals surface area contributed by atoms with Gasteiger partial charge in [-0.25, -0.2) is 0 Å². The monoisotopic (exact) mass is 483 g/mol. The zero-order valence-electron chi connectivity index (χ0n) is 16.2. The second-order valence-electron chi connectivity index (χ2n) is 6.71. The predicted molar refractivity (Wildman–Crippen MR) is 122 cm³/mol. The van der Waals surface area contributed by atoms with E-state index in [1.54, 1.807) is 7.11 Å². The van der Waals surface area contributed by atoms with Crippen molar-refractivity contribution in [1.29, 1.82) is 0 Å². The Morgan fingerprint density at radius 2 is 2.00 bits per heavy atom. The van der Waals surface area contributed by atoms with Crippen molar-refractivity contribution in [2.75, 3.05) is 47.1 Å². The van der Waals surface area contributed by atoms with E-state index in [0.29, 0.717) is 19.1 Å². The molecule has 0 bridgehead atoms. The molecule has 0 aliphatic carbocycles. The van der Waals surface area contributed by atoms with E-state index in [1.165, 1.54) is 16.3 Å². The molecule has 5 nitrogen and oxygen atoms in total. The van der Waals surface area contributed by atoms with Gasteiger partial charge < -0.3 is 19.7 Å². The maximum absolute atomic E-state index is 5.69. The normalized spacial score (nSPS) is 17.2. The predicted octanol–water partition coefficient (Wildman–Crippen LogP) is 3.52. The van der Waals surface area contributed by atoms with Crippen molar-refractivity contribution in [3.05, 3.63) is 48.0 Å². The largest absolute Gasteiger partial charge is 0.382 e. The van der Waals surface area contributed by atoms with Crippen LogP contribution in [0.3, 0.4) is 0 Å². The molecule has 2 aromatic rings. The number of benzene rings is 2. The van der Waals surface area contributed by atoms with Gasteiger partial charge in [0, 0.05) is 39.7 Å². The highest BCUT2D eigenvalue weighted by molar-refractivity contribution is 14.0. The fourth-order valence-electron chi connectivity index (χ4n) is 3.51. The number of likely N-dealkylation sites (tertiary alicyclic amines) is 1. The van der Waals surface area contributed by atoms with Gasteiger partial charge in [0.2, 0.25) is 0 Å². The van der Waals surface area contributed by atoms with Crippen LogP contribution in [0.5, 0.6) is 0 Å². The molecule has 1 saturated heterocycles. The summed E-state index contributed by atoms with van der Waals surface area (Å²) in [6.07, 6.45) is 1.14. The molecule has 0 aromatic heterocycles. The molecule has 6 heteroatoms. The van der Waals surface area contributed by atoms with E-state index in [1.807, 2.05) is 7.05 Å². The van der Waals surface area contributed by atoms with E-state index in [9.17, 15) is 0 Å². The number of nitrogens with one attached hydrogen (secondary N) is 1. The molecule has 0 amide bonds. The van der Waals surface area contributed by atoms with Crippen LogP contribution in [0, 0.1) is 5.92 Å². The fourth-order valence-corrected chi connectivity index (χ4v) is 3.51. The highest BCUT2D eigenvalue weighted by atomic mass is 127. The second kappa shape index (κ2) is 11.5. The Labute approximate surface area is 179 Å². The lowest BCUT2D eigenvalue weighted by molar-refractivity contribution is 0.0536. The summed E-state index contributed by atoms with van der Waals surface area (Å²) in [6, 6.07) is 15.0. The van der Waals surface area contributed by atoms with Gasteiger partial charge in [0.1, 0.15) is 0 Å². The molecule has 3 rings (SSSR count). The van der Waals surface area contributed by atoms with Gasteiger partial charge in [-0.3, -0.25) is 4.99 Å². The van der Waals surface area contributed by atoms with Crippen molar-refractivity contribution < 1.29 is 9.47 Å². The van der Waals surface area contributed by atoms with E-state index < -0.39 is 0 Å². The second-order valence-corrected chi connectivity index (χ2v) is 6.71. The summed E-state index contributed by atoms with van der Waals surface area (Å²) >= 11 is 0. The average molecular weight is 483 g/mol. The van der Waals surface area contributed by atoms with Gasteiger partial charge in [-0.15, -0.1) is 24.0 Å². The number of ether oxygens (including phenoxy) is 2. The first-order chi connectivity index (χ1) is 12.8. The van der Waals surface area contributed by atoms with Crippen molar-refractivity contribution >= 4 is 40.7 Å². The number of methoxy groups -OCH3 is 1. The highest BCUT2D eigenvalue weighted by Gasteiger charge is 2.24. The molecule has 1 N–H and O–H groups in total. The molecule has 1 heterocycles. The first-order valence-corrected chi connectivity index (χ1v) is 9.30. The quantitative estimate of drug-likeness (QED) is 0.284. The molecule has 0 saturated carbocycles. The molecular weight excluding hydrogens is 453 g/mol. The molecule has 27 heavy (non-hydrogen) atoms. The summed E-state index contributed by atoms with van der Waals surface area (Å²) in [5.41, 5.74) is 1.29. The van der Waals surface area contributed by atoms with Crippen molar-refractivity contribution in [3.63, 3.8) is 0 Å². The van der Waals surface area contributed by atoms with Gasteiger partial charge in [0.15, 0.2) is 5.96 Å². The van der Waals surface area contributed by atoms with Gasteiger partial charge in [-0.05, 0) is 22.8 Å². The maximum Gasteiger partial charge on any atom is 0.193 e. The fraction of sp³-hybridized carbons (Fsp3) is 0.476. The molecular formula is C21H30IN3O2. The molecule has 0 spiro atoms. The van der Waals surface area contributed by atoms with E-state index >= 15 is 0 Å². The SMILES string of the molecule is CN=C(NCc1cccc2ccccc12)N1CCC(COCCOC)C1.I. The van der Waals surface area contributed by atoms with Crippen LogP contribution in [0.15, 0.2) is 47.5 Å². The minimum Gasteiger partial charge on any atom is -0.382 e. The van der Waals surface area contributed by atoms with Crippen molar-refractivity contribution in [1.82, 2.24) is 10.2 Å². The van der Waals surface area contributed by atoms with Crippen molar-refractivity contribution in [2.24, 2.45) is 10.9 Å². The Morgan fingerprint density at radius 3 is 2.81 bits per heavy atom. The number of nitrogens with zero attached hydrogens (tertiary/aromatic N) is 2. The third-order valence-electron chi connectivity index (χ3n) is 4.90. The summed E-state index contributed by atoms with van der Waals surface area (Å²) in [4.78, 5) is 6.81. The van der Waals surface area contributed by atoms with Gasteiger partial charge in [0.25, 0.3) is 0 Å². The maximum atomic E-state index is 5.69. The molecule has 1 atom stereocenters. The summed E-state index contributed by atoms with van der Waals surface area (Å²) < 4.78 is 10.7. The molecule has 1 aliphatic heterocycles. The van der Waals surface area contributed by atoms with E-state index in [2.05, 4.69) is 57.7 Å². The number of guanidine groups is 1. The lowest BCUT2D eigenvalue weighted by Crippen LogP contribution is -2.39. The van der Waals surface area contributed by atoms with E-state index in [4.69, 9.17) is 9.47 Å². The first kappa shape index (κ1) is 21.9. The zero-order chi connectivity index (χ0) is 18.2. The molecule has 148 valence electrons. The number of hydrogen-bond acceptors (Lipinski definition) is 3. The highest BCUT2D eigenvalue weighted by Crippen LogP contribution is 2.19. The van der Waals surface area contributed by atoms with Crippen LogP contribution in [0.2, 0.25) is 0 Å². The van der Waals surface area contributed by atoms with Crippen LogP contribution in [0.1, 0.15) is 12.0 Å². The Kier molecular flexibility index (Phi) is 9.30. The van der Waals surface area contributed by atoms with Crippen LogP contribution in [0.4, 0.5) is 0 Å². The summed E-state index contributed by atoms with van der Waals surface area (Å²) in [5, 5.41) is 6.10. The lowest BCUT2D eigenvalue weighted by Gasteiger charge is -2.22. The van der Waals surface area contributed by atoms with Gasteiger partial charge in [-0.2, -0.15) is 0 Å². The molecule has 1 aliphatic rings. The minimum absolute atomic E-state index is 0. The van der Waals surface area contributed by atoms with Gasteiger partial charge >= 0.3 is 0 Å². The molecule has 1 fully saturated rings. The number of rotatable bonds is 7. The zero-order valence-corrected chi connectivity index (χ0v) is 18.5. The number of fused-ring (bicyclic) bond motifs is 1. The standard InChI is InChI=1S/C21H29N3O2.HI/c1-22-21(24-11-10-17(15-24)16-26-13-12-25-2)23-14-19-8-5-7-18-6-3-4-9-20(18)19;/h3-9,17H,10-16H2,1-2H3,(H,22,23);1H. The summed E-state index contributed by atoms with van der Waals surface area (Å²) in [5.74, 6) is 1.53. The van der Waals surface area contributed by atoms with Crippen molar-refractivity contribution in [2.45, 2.75) is 13.0 Å². The number of aliphatic imine (C=N–C) groups is 1. The average Bonchev–Trinajstić information content (AvgIpc) is 3.14. The Hall–Kier alpha value is -1.38. The third-order valence-corrected chi connectivity index (χ3v) is 4.90. The van der Waals surface area contributed by atoms with Gasteiger partial charge in [-0.1, -0.05) is 42.5 Å². The van der Waals surface area contributed by atoms with Crippen LogP contribution in [-0.2, 0) is 16.0 Å². The van der Waals surface area contributed by atoms with Crippen LogP contribution in [-0.4, -0.2) is 57.9 Å². The lowest BCUT2D eigenvalue weighted by atomic mass is 10.0. The van der Waals surface area contributed by atoms with Crippen molar-refractivity contribution in [3.8, 4) is 0 Å². The topological polar surface area (TPSA) is 46.1 Å². The molecule has 1 unspecified atom stereocenters. The number of hydrogen-bond donors (Lipinski definition) is 1. The van der Waals surface area contributed by atoms with Crippen LogP contribution >= 0.6 is 24.0 Å². The molecule has 0 radical (unpaired) electrons.